The summed E-state index contributed by atoms with van der Waals surface area (Å²) in [6, 6.07) is 8.19. The van der Waals surface area contributed by atoms with Gasteiger partial charge < -0.3 is 9.84 Å². The van der Waals surface area contributed by atoms with Gasteiger partial charge in [-0.1, -0.05) is 29.8 Å². The molecule has 0 bridgehead atoms. The van der Waals surface area contributed by atoms with E-state index in [0.29, 0.717) is 16.3 Å². The molecular formula is C14H11ClF2O2. The van der Waals surface area contributed by atoms with Crippen LogP contribution in [0, 0.1) is 11.6 Å². The van der Waals surface area contributed by atoms with E-state index in [9.17, 15) is 13.9 Å². The molecule has 0 heterocycles. The number of aliphatic hydroxyl groups excluding tert-OH is 1. The number of hydrogen-bond donors (Lipinski definition) is 1. The fraction of sp³-hybridized carbons (Fsp3) is 0.143. The van der Waals surface area contributed by atoms with Gasteiger partial charge >= 0.3 is 0 Å². The van der Waals surface area contributed by atoms with E-state index in [-0.39, 0.29) is 5.56 Å². The first-order valence-corrected chi connectivity index (χ1v) is 5.87. The van der Waals surface area contributed by atoms with Gasteiger partial charge in [0.05, 0.1) is 7.11 Å². The lowest BCUT2D eigenvalue weighted by molar-refractivity contribution is 0.208. The van der Waals surface area contributed by atoms with Crippen molar-refractivity contribution in [3.8, 4) is 5.75 Å². The van der Waals surface area contributed by atoms with Crippen LogP contribution in [0.2, 0.25) is 5.02 Å². The van der Waals surface area contributed by atoms with Crippen LogP contribution in [0.15, 0.2) is 36.4 Å². The molecule has 2 aromatic carbocycles. The standard InChI is InChI=1S/C14H11ClF2O2/c1-19-12-7-8(15)5-6-9(12)14(18)10-3-2-4-11(16)13(10)17/h2-7,14,18H,1H3. The largest absolute Gasteiger partial charge is 0.496 e. The maximum Gasteiger partial charge on any atom is 0.164 e. The van der Waals surface area contributed by atoms with Crippen LogP contribution in [0.3, 0.4) is 0 Å². The lowest BCUT2D eigenvalue weighted by atomic mass is 10.00. The highest BCUT2D eigenvalue weighted by Crippen LogP contribution is 2.33. The first kappa shape index (κ1) is 13.8. The third-order valence-electron chi connectivity index (χ3n) is 2.77. The predicted octanol–water partition coefficient (Wildman–Crippen LogP) is 3.71. The van der Waals surface area contributed by atoms with E-state index < -0.39 is 17.7 Å². The molecule has 0 amide bonds. The lowest BCUT2D eigenvalue weighted by Gasteiger charge is -2.16. The Kier molecular flexibility index (Phi) is 4.02. The number of hydrogen-bond acceptors (Lipinski definition) is 2. The zero-order chi connectivity index (χ0) is 14.0. The van der Waals surface area contributed by atoms with Crippen molar-refractivity contribution in [2.24, 2.45) is 0 Å². The molecule has 5 heteroatoms. The Hall–Kier alpha value is -1.65. The molecule has 0 aliphatic rings. The summed E-state index contributed by atoms with van der Waals surface area (Å²) in [5, 5.41) is 10.6. The Balaban J connectivity index is 2.49. The molecule has 0 aliphatic carbocycles. The summed E-state index contributed by atoms with van der Waals surface area (Å²) in [6.07, 6.45) is -1.33. The molecule has 1 N–H and O–H groups in total. The Morgan fingerprint density at radius 1 is 1.16 bits per heavy atom. The second-order valence-corrected chi connectivity index (χ2v) is 4.37. The first-order valence-electron chi connectivity index (χ1n) is 5.50. The van der Waals surface area contributed by atoms with Crippen molar-refractivity contribution in [1.29, 1.82) is 0 Å². The SMILES string of the molecule is COc1cc(Cl)ccc1C(O)c1cccc(F)c1F. The van der Waals surface area contributed by atoms with Crippen molar-refractivity contribution in [3.63, 3.8) is 0 Å². The van der Waals surface area contributed by atoms with Gasteiger partial charge in [0, 0.05) is 16.1 Å². The zero-order valence-electron chi connectivity index (χ0n) is 10.0. The molecule has 0 radical (unpaired) electrons. The van der Waals surface area contributed by atoms with Gasteiger partial charge in [-0.2, -0.15) is 0 Å². The summed E-state index contributed by atoms with van der Waals surface area (Å²) >= 11 is 5.81. The monoisotopic (exact) mass is 284 g/mol. The Labute approximate surface area is 114 Å². The van der Waals surface area contributed by atoms with E-state index >= 15 is 0 Å². The van der Waals surface area contributed by atoms with Crippen molar-refractivity contribution >= 4 is 11.6 Å². The molecule has 0 aliphatic heterocycles. The molecule has 2 rings (SSSR count). The molecular weight excluding hydrogens is 274 g/mol. The van der Waals surface area contributed by atoms with Crippen molar-refractivity contribution in [1.82, 2.24) is 0 Å². The Morgan fingerprint density at radius 2 is 1.89 bits per heavy atom. The topological polar surface area (TPSA) is 29.5 Å². The molecule has 0 saturated carbocycles. The highest BCUT2D eigenvalue weighted by Gasteiger charge is 2.20. The van der Waals surface area contributed by atoms with Crippen LogP contribution < -0.4 is 4.74 Å². The van der Waals surface area contributed by atoms with E-state index in [1.165, 1.54) is 31.4 Å². The molecule has 1 atom stereocenters. The Bertz CT molecular complexity index is 602. The molecule has 0 spiro atoms. The van der Waals surface area contributed by atoms with E-state index in [4.69, 9.17) is 16.3 Å². The van der Waals surface area contributed by atoms with Crippen LogP contribution in [-0.2, 0) is 0 Å². The molecule has 0 aromatic heterocycles. The van der Waals surface area contributed by atoms with Crippen molar-refractivity contribution < 1.29 is 18.6 Å². The van der Waals surface area contributed by atoms with Crippen LogP contribution in [0.25, 0.3) is 0 Å². The highest BCUT2D eigenvalue weighted by molar-refractivity contribution is 6.30. The van der Waals surface area contributed by atoms with E-state index in [2.05, 4.69) is 0 Å². The summed E-state index contributed by atoms with van der Waals surface area (Å²) in [6.45, 7) is 0. The predicted molar refractivity (Wildman–Crippen MR) is 68.4 cm³/mol. The van der Waals surface area contributed by atoms with E-state index in [1.807, 2.05) is 0 Å². The van der Waals surface area contributed by atoms with Crippen molar-refractivity contribution in [3.05, 3.63) is 64.2 Å². The smallest absolute Gasteiger partial charge is 0.164 e. The number of ether oxygens (including phenoxy) is 1. The number of rotatable bonds is 3. The molecule has 0 saturated heterocycles. The summed E-state index contributed by atoms with van der Waals surface area (Å²) in [5.41, 5.74) is 0.164. The van der Waals surface area contributed by atoms with Gasteiger partial charge in [-0.05, 0) is 18.2 Å². The Morgan fingerprint density at radius 3 is 2.58 bits per heavy atom. The van der Waals surface area contributed by atoms with Gasteiger partial charge in [0.2, 0.25) is 0 Å². The van der Waals surface area contributed by atoms with E-state index in [0.717, 1.165) is 6.07 Å². The van der Waals surface area contributed by atoms with Gasteiger partial charge in [0.1, 0.15) is 11.9 Å². The quantitative estimate of drug-likeness (QED) is 0.931. The van der Waals surface area contributed by atoms with Crippen molar-refractivity contribution in [2.45, 2.75) is 6.10 Å². The van der Waals surface area contributed by atoms with Crippen LogP contribution in [-0.4, -0.2) is 12.2 Å². The first-order chi connectivity index (χ1) is 9.04. The average molecular weight is 285 g/mol. The summed E-state index contributed by atoms with van der Waals surface area (Å²) in [4.78, 5) is 0. The summed E-state index contributed by atoms with van der Waals surface area (Å²) in [7, 11) is 1.41. The summed E-state index contributed by atoms with van der Waals surface area (Å²) < 4.78 is 31.9. The van der Waals surface area contributed by atoms with Gasteiger partial charge in [-0.15, -0.1) is 0 Å². The second-order valence-electron chi connectivity index (χ2n) is 3.93. The number of halogens is 3. The van der Waals surface area contributed by atoms with Crippen LogP contribution in [0.4, 0.5) is 8.78 Å². The van der Waals surface area contributed by atoms with E-state index in [1.54, 1.807) is 6.07 Å². The molecule has 0 fully saturated rings. The number of aliphatic hydroxyl groups is 1. The van der Waals surface area contributed by atoms with Gasteiger partial charge in [-0.25, -0.2) is 8.78 Å². The average Bonchev–Trinajstić information content (AvgIpc) is 2.41. The van der Waals surface area contributed by atoms with Crippen LogP contribution in [0.1, 0.15) is 17.2 Å². The molecule has 100 valence electrons. The fourth-order valence-electron chi connectivity index (χ4n) is 1.81. The second kappa shape index (κ2) is 5.55. The third kappa shape index (κ3) is 2.69. The van der Waals surface area contributed by atoms with Crippen molar-refractivity contribution in [2.75, 3.05) is 7.11 Å². The lowest BCUT2D eigenvalue weighted by Crippen LogP contribution is -2.06. The number of benzene rings is 2. The fourth-order valence-corrected chi connectivity index (χ4v) is 1.97. The maximum absolute atomic E-state index is 13.7. The minimum Gasteiger partial charge on any atom is -0.496 e. The van der Waals surface area contributed by atoms with Crippen LogP contribution in [0.5, 0.6) is 5.75 Å². The maximum atomic E-state index is 13.7. The minimum absolute atomic E-state index is 0.152. The molecule has 1 unspecified atom stereocenters. The zero-order valence-corrected chi connectivity index (χ0v) is 10.8. The molecule has 2 aromatic rings. The normalized spacial score (nSPS) is 12.3. The number of methoxy groups -OCH3 is 1. The van der Waals surface area contributed by atoms with Gasteiger partial charge in [0.25, 0.3) is 0 Å². The third-order valence-corrected chi connectivity index (χ3v) is 3.00. The van der Waals surface area contributed by atoms with Gasteiger partial charge in [0.15, 0.2) is 11.6 Å². The molecule has 19 heavy (non-hydrogen) atoms. The molecule has 2 nitrogen and oxygen atoms in total. The highest BCUT2D eigenvalue weighted by atomic mass is 35.5. The van der Waals surface area contributed by atoms with Crippen LogP contribution >= 0.6 is 11.6 Å². The summed E-state index contributed by atoms with van der Waals surface area (Å²) in [5.74, 6) is -1.78. The van der Waals surface area contributed by atoms with Gasteiger partial charge in [-0.3, -0.25) is 0 Å². The minimum atomic E-state index is -1.33.